The lowest BCUT2D eigenvalue weighted by Gasteiger charge is -2.16. The minimum absolute atomic E-state index is 0.0490. The molecule has 1 saturated carbocycles. The molecule has 0 bridgehead atoms. The largest absolute Gasteiger partial charge is 0.352 e. The predicted octanol–water partition coefficient (Wildman–Crippen LogP) is 3.92. The zero-order valence-electron chi connectivity index (χ0n) is 11.0. The first-order valence-electron chi connectivity index (χ1n) is 6.63. The van der Waals surface area contributed by atoms with Crippen molar-refractivity contribution in [3.8, 4) is 0 Å². The summed E-state index contributed by atoms with van der Waals surface area (Å²) in [5.74, 6) is 1.45. The van der Waals surface area contributed by atoms with Gasteiger partial charge in [-0.25, -0.2) is 0 Å². The molecule has 1 amide bonds. The monoisotopic (exact) mass is 309 g/mol. The van der Waals surface area contributed by atoms with Gasteiger partial charge in [0.05, 0.1) is 0 Å². The normalized spacial score (nSPS) is 23.1. The van der Waals surface area contributed by atoms with Crippen molar-refractivity contribution >= 4 is 21.8 Å². The van der Waals surface area contributed by atoms with E-state index >= 15 is 0 Å². The maximum Gasteiger partial charge on any atom is 0.251 e. The van der Waals surface area contributed by atoms with Gasteiger partial charge in [0.2, 0.25) is 0 Å². The Morgan fingerprint density at radius 3 is 2.89 bits per heavy atom. The van der Waals surface area contributed by atoms with Crippen molar-refractivity contribution in [3.63, 3.8) is 0 Å². The van der Waals surface area contributed by atoms with Crippen LogP contribution < -0.4 is 5.32 Å². The van der Waals surface area contributed by atoms with Gasteiger partial charge in [-0.2, -0.15) is 0 Å². The fraction of sp³-hybridized carbons (Fsp3) is 0.533. The van der Waals surface area contributed by atoms with Crippen LogP contribution in [0.5, 0.6) is 0 Å². The van der Waals surface area contributed by atoms with Crippen molar-refractivity contribution < 1.29 is 4.79 Å². The maximum atomic E-state index is 12.1. The standard InChI is InChI=1S/C15H20BrNO/c1-10-5-3-6-12(10)9-17-15(18)13-7-4-8-14(16)11(13)2/h4,7-8,10,12H,3,5-6,9H2,1-2H3,(H,17,18). The number of rotatable bonds is 3. The van der Waals surface area contributed by atoms with E-state index in [1.165, 1.54) is 19.3 Å². The molecule has 0 saturated heterocycles. The van der Waals surface area contributed by atoms with E-state index in [0.717, 1.165) is 28.1 Å². The first kappa shape index (κ1) is 13.6. The second-order valence-electron chi connectivity index (χ2n) is 5.29. The summed E-state index contributed by atoms with van der Waals surface area (Å²) >= 11 is 3.46. The highest BCUT2D eigenvalue weighted by Gasteiger charge is 2.23. The molecule has 2 nitrogen and oxygen atoms in total. The van der Waals surface area contributed by atoms with Crippen LogP contribution in [0.4, 0.5) is 0 Å². The molecule has 1 N–H and O–H groups in total. The van der Waals surface area contributed by atoms with E-state index in [-0.39, 0.29) is 5.91 Å². The molecule has 0 heterocycles. The summed E-state index contributed by atoms with van der Waals surface area (Å²) in [6, 6.07) is 5.75. The minimum Gasteiger partial charge on any atom is -0.352 e. The molecule has 2 atom stereocenters. The van der Waals surface area contributed by atoms with Gasteiger partial charge in [0, 0.05) is 16.6 Å². The predicted molar refractivity (Wildman–Crippen MR) is 77.7 cm³/mol. The molecule has 1 aliphatic carbocycles. The Kier molecular flexibility index (Phi) is 4.44. The van der Waals surface area contributed by atoms with Gasteiger partial charge in [-0.05, 0) is 42.9 Å². The highest BCUT2D eigenvalue weighted by molar-refractivity contribution is 9.10. The smallest absolute Gasteiger partial charge is 0.251 e. The zero-order valence-corrected chi connectivity index (χ0v) is 12.6. The molecule has 3 heteroatoms. The van der Waals surface area contributed by atoms with E-state index in [0.29, 0.717) is 5.92 Å². The minimum atomic E-state index is 0.0490. The van der Waals surface area contributed by atoms with Crippen LogP contribution in [0, 0.1) is 18.8 Å². The summed E-state index contributed by atoms with van der Waals surface area (Å²) in [6.45, 7) is 5.07. The van der Waals surface area contributed by atoms with E-state index in [1.807, 2.05) is 25.1 Å². The number of halogens is 1. The van der Waals surface area contributed by atoms with Crippen LogP contribution >= 0.6 is 15.9 Å². The van der Waals surface area contributed by atoms with E-state index in [1.54, 1.807) is 0 Å². The molecule has 1 fully saturated rings. The van der Waals surface area contributed by atoms with Crippen molar-refractivity contribution in [2.24, 2.45) is 11.8 Å². The third kappa shape index (κ3) is 2.94. The summed E-state index contributed by atoms with van der Waals surface area (Å²) in [4.78, 5) is 12.1. The van der Waals surface area contributed by atoms with Gasteiger partial charge in [0.15, 0.2) is 0 Å². The molecule has 2 rings (SSSR count). The molecular formula is C15H20BrNO. The van der Waals surface area contributed by atoms with Crippen LogP contribution in [0.1, 0.15) is 42.1 Å². The zero-order chi connectivity index (χ0) is 13.1. The van der Waals surface area contributed by atoms with Gasteiger partial charge in [0.1, 0.15) is 0 Å². The van der Waals surface area contributed by atoms with Crippen molar-refractivity contribution in [1.82, 2.24) is 5.32 Å². The lowest BCUT2D eigenvalue weighted by Crippen LogP contribution is -2.30. The van der Waals surface area contributed by atoms with Crippen LogP contribution in [-0.4, -0.2) is 12.5 Å². The van der Waals surface area contributed by atoms with Gasteiger partial charge in [0.25, 0.3) is 5.91 Å². The first-order valence-corrected chi connectivity index (χ1v) is 7.42. The van der Waals surface area contributed by atoms with Crippen molar-refractivity contribution in [3.05, 3.63) is 33.8 Å². The van der Waals surface area contributed by atoms with E-state index in [4.69, 9.17) is 0 Å². The van der Waals surface area contributed by atoms with Crippen LogP contribution in [-0.2, 0) is 0 Å². The number of amides is 1. The number of carbonyl (C=O) groups is 1. The van der Waals surface area contributed by atoms with Crippen LogP contribution in [0.2, 0.25) is 0 Å². The third-order valence-corrected chi connectivity index (χ3v) is 4.94. The molecule has 1 aromatic carbocycles. The molecule has 0 spiro atoms. The molecule has 0 aliphatic heterocycles. The summed E-state index contributed by atoms with van der Waals surface area (Å²) in [5, 5.41) is 3.08. The average Bonchev–Trinajstić information content (AvgIpc) is 2.75. The van der Waals surface area contributed by atoms with E-state index in [9.17, 15) is 4.79 Å². The lowest BCUT2D eigenvalue weighted by molar-refractivity contribution is 0.0944. The SMILES string of the molecule is Cc1c(Br)cccc1C(=O)NCC1CCCC1C. The molecule has 2 unspecified atom stereocenters. The number of hydrogen-bond acceptors (Lipinski definition) is 1. The Labute approximate surface area is 117 Å². The highest BCUT2D eigenvalue weighted by atomic mass is 79.9. The van der Waals surface area contributed by atoms with Gasteiger partial charge in [-0.3, -0.25) is 4.79 Å². The van der Waals surface area contributed by atoms with E-state index < -0.39 is 0 Å². The Balaban J connectivity index is 1.97. The summed E-state index contributed by atoms with van der Waals surface area (Å²) in [6.07, 6.45) is 3.85. The molecule has 0 aromatic heterocycles. The van der Waals surface area contributed by atoms with Crippen LogP contribution in [0.25, 0.3) is 0 Å². The molecule has 1 aliphatic rings. The second kappa shape index (κ2) is 5.87. The number of nitrogens with one attached hydrogen (secondary N) is 1. The quantitative estimate of drug-likeness (QED) is 0.900. The van der Waals surface area contributed by atoms with Gasteiger partial charge in [-0.15, -0.1) is 0 Å². The van der Waals surface area contributed by atoms with Crippen LogP contribution in [0.3, 0.4) is 0 Å². The Hall–Kier alpha value is -0.830. The van der Waals surface area contributed by atoms with E-state index in [2.05, 4.69) is 28.2 Å². The summed E-state index contributed by atoms with van der Waals surface area (Å²) in [7, 11) is 0. The van der Waals surface area contributed by atoms with Gasteiger partial charge < -0.3 is 5.32 Å². The molecule has 98 valence electrons. The number of carbonyl (C=O) groups excluding carboxylic acids is 1. The van der Waals surface area contributed by atoms with Crippen molar-refractivity contribution in [2.75, 3.05) is 6.54 Å². The fourth-order valence-electron chi connectivity index (χ4n) is 2.70. The Morgan fingerprint density at radius 2 is 2.22 bits per heavy atom. The Morgan fingerprint density at radius 1 is 1.44 bits per heavy atom. The van der Waals surface area contributed by atoms with Gasteiger partial charge >= 0.3 is 0 Å². The molecule has 18 heavy (non-hydrogen) atoms. The summed E-state index contributed by atoms with van der Waals surface area (Å²) < 4.78 is 0.990. The first-order chi connectivity index (χ1) is 8.59. The lowest BCUT2D eigenvalue weighted by atomic mass is 9.98. The fourth-order valence-corrected chi connectivity index (χ4v) is 3.06. The number of hydrogen-bond donors (Lipinski definition) is 1. The molecule has 0 radical (unpaired) electrons. The second-order valence-corrected chi connectivity index (χ2v) is 6.15. The summed E-state index contributed by atoms with van der Waals surface area (Å²) in [5.41, 5.74) is 1.78. The average molecular weight is 310 g/mol. The van der Waals surface area contributed by atoms with Crippen molar-refractivity contribution in [2.45, 2.75) is 33.1 Å². The highest BCUT2D eigenvalue weighted by Crippen LogP contribution is 2.30. The number of benzene rings is 1. The molecular weight excluding hydrogens is 290 g/mol. The topological polar surface area (TPSA) is 29.1 Å². The Bertz CT molecular complexity index is 444. The maximum absolute atomic E-state index is 12.1. The van der Waals surface area contributed by atoms with Crippen molar-refractivity contribution in [1.29, 1.82) is 0 Å². The molecule has 1 aromatic rings. The van der Waals surface area contributed by atoms with Gasteiger partial charge in [-0.1, -0.05) is 41.8 Å². The van der Waals surface area contributed by atoms with Crippen LogP contribution in [0.15, 0.2) is 22.7 Å². The third-order valence-electron chi connectivity index (χ3n) is 4.08.